The Morgan fingerprint density at radius 1 is 1.05 bits per heavy atom. The molecule has 0 saturated carbocycles. The predicted octanol–water partition coefficient (Wildman–Crippen LogP) is 2.52. The zero-order valence-electron chi connectivity index (χ0n) is 12.0. The van der Waals surface area contributed by atoms with Crippen LogP contribution in [0.5, 0.6) is 0 Å². The molecule has 0 heterocycles. The van der Waals surface area contributed by atoms with E-state index in [1.807, 2.05) is 6.07 Å². The van der Waals surface area contributed by atoms with Gasteiger partial charge in [-0.2, -0.15) is 0 Å². The Morgan fingerprint density at radius 3 is 2.58 bits per heavy atom. The normalized spacial score (nSPS) is 10.4. The minimum absolute atomic E-state index is 0.156. The molecule has 1 aromatic rings. The molecule has 2 N–H and O–H groups in total. The van der Waals surface area contributed by atoms with Crippen molar-refractivity contribution in [1.82, 2.24) is 10.6 Å². The Labute approximate surface area is 116 Å². The van der Waals surface area contributed by atoms with Gasteiger partial charge in [-0.25, -0.2) is 0 Å². The third-order valence-electron chi connectivity index (χ3n) is 3.06. The molecule has 0 bridgehead atoms. The lowest BCUT2D eigenvalue weighted by Crippen LogP contribution is -2.29. The van der Waals surface area contributed by atoms with Crippen LogP contribution in [0.15, 0.2) is 30.3 Å². The minimum Gasteiger partial charge on any atom is -0.356 e. The number of benzene rings is 1. The first-order valence-electron chi connectivity index (χ1n) is 7.34. The summed E-state index contributed by atoms with van der Waals surface area (Å²) < 4.78 is 0. The highest BCUT2D eigenvalue weighted by molar-refractivity contribution is 5.75. The van der Waals surface area contributed by atoms with E-state index in [9.17, 15) is 4.79 Å². The van der Waals surface area contributed by atoms with Crippen LogP contribution in [-0.2, 0) is 11.2 Å². The second-order valence-electron chi connectivity index (χ2n) is 4.79. The molecule has 1 amide bonds. The van der Waals surface area contributed by atoms with Crippen molar-refractivity contribution >= 4 is 5.91 Å². The molecule has 0 saturated heterocycles. The molecule has 0 aliphatic heterocycles. The van der Waals surface area contributed by atoms with E-state index in [-0.39, 0.29) is 5.91 Å². The van der Waals surface area contributed by atoms with Crippen LogP contribution in [0.1, 0.15) is 38.2 Å². The standard InChI is InChI=1S/C16H26N2O/c1-2-3-7-12-18-16(19)11-14-17-13-10-15-8-5-4-6-9-15/h4-6,8-9,17H,2-3,7,10-14H2,1H3,(H,18,19). The number of carbonyl (C=O) groups is 1. The third kappa shape index (κ3) is 8.38. The van der Waals surface area contributed by atoms with Crippen LogP contribution in [0.4, 0.5) is 0 Å². The Kier molecular flexibility index (Phi) is 8.73. The lowest BCUT2D eigenvalue weighted by molar-refractivity contribution is -0.121. The second-order valence-corrected chi connectivity index (χ2v) is 4.79. The molecule has 0 aliphatic carbocycles. The maximum atomic E-state index is 11.5. The van der Waals surface area contributed by atoms with Gasteiger partial charge >= 0.3 is 0 Å². The SMILES string of the molecule is CCCCCNC(=O)CCNCCc1ccccc1. The fourth-order valence-electron chi connectivity index (χ4n) is 1.90. The molecule has 0 unspecified atom stereocenters. The smallest absolute Gasteiger partial charge is 0.221 e. The summed E-state index contributed by atoms with van der Waals surface area (Å²) in [5.74, 6) is 0.156. The van der Waals surface area contributed by atoms with Crippen LogP contribution in [0.3, 0.4) is 0 Å². The topological polar surface area (TPSA) is 41.1 Å². The van der Waals surface area contributed by atoms with Crippen molar-refractivity contribution in [3.05, 3.63) is 35.9 Å². The lowest BCUT2D eigenvalue weighted by Gasteiger charge is -2.06. The summed E-state index contributed by atoms with van der Waals surface area (Å²) in [5, 5.41) is 6.25. The molecular formula is C16H26N2O. The molecule has 0 atom stereocenters. The highest BCUT2D eigenvalue weighted by Crippen LogP contribution is 1.98. The van der Waals surface area contributed by atoms with Crippen LogP contribution >= 0.6 is 0 Å². The molecule has 1 aromatic carbocycles. The lowest BCUT2D eigenvalue weighted by atomic mass is 10.1. The molecule has 0 spiro atoms. The Balaban J connectivity index is 1.94. The number of carbonyl (C=O) groups excluding carboxylic acids is 1. The summed E-state index contributed by atoms with van der Waals surface area (Å²) in [5.41, 5.74) is 1.33. The number of hydrogen-bond donors (Lipinski definition) is 2. The van der Waals surface area contributed by atoms with Gasteiger partial charge in [-0.05, 0) is 24.9 Å². The highest BCUT2D eigenvalue weighted by atomic mass is 16.1. The minimum atomic E-state index is 0.156. The van der Waals surface area contributed by atoms with Crippen molar-refractivity contribution in [2.24, 2.45) is 0 Å². The van der Waals surface area contributed by atoms with Gasteiger partial charge in [-0.3, -0.25) is 4.79 Å². The Hall–Kier alpha value is -1.35. The van der Waals surface area contributed by atoms with Gasteiger partial charge in [-0.1, -0.05) is 50.1 Å². The van der Waals surface area contributed by atoms with Crippen molar-refractivity contribution < 1.29 is 4.79 Å². The monoisotopic (exact) mass is 262 g/mol. The van der Waals surface area contributed by atoms with Crippen molar-refractivity contribution in [3.63, 3.8) is 0 Å². The highest BCUT2D eigenvalue weighted by Gasteiger charge is 1.99. The first kappa shape index (κ1) is 15.7. The summed E-state index contributed by atoms with van der Waals surface area (Å²) in [7, 11) is 0. The molecule has 3 nitrogen and oxygen atoms in total. The fourth-order valence-corrected chi connectivity index (χ4v) is 1.90. The van der Waals surface area contributed by atoms with Gasteiger partial charge < -0.3 is 10.6 Å². The molecule has 0 aromatic heterocycles. The number of rotatable bonds is 10. The van der Waals surface area contributed by atoms with E-state index >= 15 is 0 Å². The van der Waals surface area contributed by atoms with Crippen LogP contribution < -0.4 is 10.6 Å². The van der Waals surface area contributed by atoms with Crippen molar-refractivity contribution in [3.8, 4) is 0 Å². The van der Waals surface area contributed by atoms with Crippen LogP contribution in [0.2, 0.25) is 0 Å². The van der Waals surface area contributed by atoms with E-state index in [2.05, 4.69) is 41.8 Å². The van der Waals surface area contributed by atoms with E-state index in [0.29, 0.717) is 6.42 Å². The van der Waals surface area contributed by atoms with E-state index in [1.54, 1.807) is 0 Å². The molecule has 0 radical (unpaired) electrons. The number of nitrogens with one attached hydrogen (secondary N) is 2. The van der Waals surface area contributed by atoms with E-state index in [0.717, 1.165) is 32.5 Å². The molecule has 0 fully saturated rings. The predicted molar refractivity (Wildman–Crippen MR) is 80.2 cm³/mol. The first-order chi connectivity index (χ1) is 9.33. The quantitative estimate of drug-likeness (QED) is 0.636. The zero-order chi connectivity index (χ0) is 13.8. The third-order valence-corrected chi connectivity index (χ3v) is 3.06. The Morgan fingerprint density at radius 2 is 1.84 bits per heavy atom. The average molecular weight is 262 g/mol. The summed E-state index contributed by atoms with van der Waals surface area (Å²) in [6, 6.07) is 10.4. The molecule has 3 heteroatoms. The largest absolute Gasteiger partial charge is 0.356 e. The summed E-state index contributed by atoms with van der Waals surface area (Å²) >= 11 is 0. The van der Waals surface area contributed by atoms with Crippen LogP contribution in [0, 0.1) is 0 Å². The van der Waals surface area contributed by atoms with Gasteiger partial charge in [0.15, 0.2) is 0 Å². The van der Waals surface area contributed by atoms with Crippen molar-refractivity contribution in [2.45, 2.75) is 39.0 Å². The van der Waals surface area contributed by atoms with Crippen molar-refractivity contribution in [2.75, 3.05) is 19.6 Å². The van der Waals surface area contributed by atoms with Crippen LogP contribution in [-0.4, -0.2) is 25.5 Å². The van der Waals surface area contributed by atoms with E-state index in [4.69, 9.17) is 0 Å². The molecule has 1 rings (SSSR count). The summed E-state index contributed by atoms with van der Waals surface area (Å²) in [6.45, 7) is 4.66. The number of unbranched alkanes of at least 4 members (excludes halogenated alkanes) is 2. The fraction of sp³-hybridized carbons (Fsp3) is 0.562. The van der Waals surface area contributed by atoms with Gasteiger partial charge in [0.05, 0.1) is 0 Å². The molecular weight excluding hydrogens is 236 g/mol. The second kappa shape index (κ2) is 10.6. The maximum Gasteiger partial charge on any atom is 0.221 e. The van der Waals surface area contributed by atoms with E-state index < -0.39 is 0 Å². The van der Waals surface area contributed by atoms with Crippen LogP contribution in [0.25, 0.3) is 0 Å². The maximum absolute atomic E-state index is 11.5. The molecule has 0 aliphatic rings. The van der Waals surface area contributed by atoms with Gasteiger partial charge in [0.2, 0.25) is 5.91 Å². The van der Waals surface area contributed by atoms with E-state index in [1.165, 1.54) is 18.4 Å². The van der Waals surface area contributed by atoms with Gasteiger partial charge in [0.1, 0.15) is 0 Å². The van der Waals surface area contributed by atoms with Gasteiger partial charge in [-0.15, -0.1) is 0 Å². The van der Waals surface area contributed by atoms with Gasteiger partial charge in [0, 0.05) is 19.5 Å². The number of hydrogen-bond acceptors (Lipinski definition) is 2. The first-order valence-corrected chi connectivity index (χ1v) is 7.34. The molecule has 19 heavy (non-hydrogen) atoms. The molecule has 106 valence electrons. The number of amides is 1. The summed E-state index contributed by atoms with van der Waals surface area (Å²) in [4.78, 5) is 11.5. The van der Waals surface area contributed by atoms with Gasteiger partial charge in [0.25, 0.3) is 0 Å². The van der Waals surface area contributed by atoms with Crippen molar-refractivity contribution in [1.29, 1.82) is 0 Å². The summed E-state index contributed by atoms with van der Waals surface area (Å²) in [6.07, 6.45) is 5.05. The zero-order valence-corrected chi connectivity index (χ0v) is 12.0. The average Bonchev–Trinajstić information content (AvgIpc) is 2.44. The Bertz CT molecular complexity index is 338.